The van der Waals surface area contributed by atoms with Crippen LogP contribution in [0, 0.1) is 17.8 Å². The second-order valence-corrected chi connectivity index (χ2v) is 6.30. The molecule has 1 aliphatic carbocycles. The third-order valence-corrected chi connectivity index (χ3v) is 4.64. The van der Waals surface area contributed by atoms with Crippen molar-refractivity contribution in [2.45, 2.75) is 39.2 Å². The largest absolute Gasteiger partial charge is 0.461 e. The molecule has 2 aliphatic rings. The van der Waals surface area contributed by atoms with E-state index in [-0.39, 0.29) is 18.0 Å². The molecule has 0 N–H and O–H groups in total. The van der Waals surface area contributed by atoms with Gasteiger partial charge in [-0.2, -0.15) is 0 Å². The van der Waals surface area contributed by atoms with Gasteiger partial charge in [-0.3, -0.25) is 4.79 Å². The molecular weight excluding hydrogens is 248 g/mol. The van der Waals surface area contributed by atoms with Crippen molar-refractivity contribution in [1.29, 1.82) is 0 Å². The summed E-state index contributed by atoms with van der Waals surface area (Å²) in [4.78, 5) is 11.8. The molecule has 0 radical (unpaired) electrons. The number of ether oxygens (including phenoxy) is 1. The molecule has 106 valence electrons. The molecule has 0 saturated carbocycles. The van der Waals surface area contributed by atoms with E-state index in [0.717, 1.165) is 19.3 Å². The van der Waals surface area contributed by atoms with Crippen molar-refractivity contribution in [2.24, 2.45) is 17.8 Å². The lowest BCUT2D eigenvalue weighted by Gasteiger charge is -2.43. The molecular formula is C18H22O2. The molecule has 0 bridgehead atoms. The van der Waals surface area contributed by atoms with Crippen molar-refractivity contribution >= 4 is 11.5 Å². The van der Waals surface area contributed by atoms with E-state index in [2.05, 4.69) is 44.2 Å². The minimum Gasteiger partial charge on any atom is -0.461 e. The van der Waals surface area contributed by atoms with Gasteiger partial charge < -0.3 is 4.74 Å². The van der Waals surface area contributed by atoms with Crippen molar-refractivity contribution in [2.75, 3.05) is 0 Å². The van der Waals surface area contributed by atoms with Crippen molar-refractivity contribution < 1.29 is 9.53 Å². The van der Waals surface area contributed by atoms with Crippen LogP contribution in [0.5, 0.6) is 0 Å². The van der Waals surface area contributed by atoms with Gasteiger partial charge in [-0.1, -0.05) is 50.3 Å². The van der Waals surface area contributed by atoms with E-state index < -0.39 is 0 Å². The summed E-state index contributed by atoms with van der Waals surface area (Å²) in [5.41, 5.74) is 2.75. The van der Waals surface area contributed by atoms with Gasteiger partial charge >= 0.3 is 5.97 Å². The number of hydrogen-bond donors (Lipinski definition) is 0. The Labute approximate surface area is 120 Å². The average Bonchev–Trinajstić information content (AvgIpc) is 2.46. The van der Waals surface area contributed by atoms with Crippen molar-refractivity contribution in [3.8, 4) is 0 Å². The maximum Gasteiger partial charge on any atom is 0.313 e. The van der Waals surface area contributed by atoms with E-state index >= 15 is 0 Å². The molecule has 0 unspecified atom stereocenters. The van der Waals surface area contributed by atoms with Crippen LogP contribution in [0.25, 0.3) is 5.57 Å². The summed E-state index contributed by atoms with van der Waals surface area (Å²) in [5, 5.41) is 0. The van der Waals surface area contributed by atoms with Gasteiger partial charge in [0.05, 0.1) is 5.92 Å². The van der Waals surface area contributed by atoms with Crippen LogP contribution in [-0.2, 0) is 9.53 Å². The standard InChI is InChI=1S/C18H22O2/c1-12(2)17-16(18(19)20-17)15-10-8-14(9-11-15)13-6-4-3-5-7-13/h3-8,12,15-17H,9-11H2,1-2H3/t15-,16+,17-/m1/s1. The zero-order chi connectivity index (χ0) is 14.1. The highest BCUT2D eigenvalue weighted by Crippen LogP contribution is 2.42. The molecule has 3 atom stereocenters. The normalized spacial score (nSPS) is 29.6. The Kier molecular flexibility index (Phi) is 3.64. The van der Waals surface area contributed by atoms with Gasteiger partial charge in [-0.05, 0) is 42.2 Å². The molecule has 1 aliphatic heterocycles. The van der Waals surface area contributed by atoms with Crippen LogP contribution in [0.2, 0.25) is 0 Å². The minimum absolute atomic E-state index is 0.0188. The molecule has 1 aromatic carbocycles. The second kappa shape index (κ2) is 5.43. The minimum atomic E-state index is 0.0188. The molecule has 20 heavy (non-hydrogen) atoms. The van der Waals surface area contributed by atoms with Crippen molar-refractivity contribution in [3.63, 3.8) is 0 Å². The Morgan fingerprint density at radius 3 is 2.50 bits per heavy atom. The summed E-state index contributed by atoms with van der Waals surface area (Å²) in [6, 6.07) is 10.6. The van der Waals surface area contributed by atoms with Crippen LogP contribution in [-0.4, -0.2) is 12.1 Å². The van der Waals surface area contributed by atoms with Crippen LogP contribution in [0.15, 0.2) is 36.4 Å². The number of allylic oxidation sites excluding steroid dienone is 2. The zero-order valence-electron chi connectivity index (χ0n) is 12.2. The topological polar surface area (TPSA) is 26.3 Å². The Bertz CT molecular complexity index is 515. The predicted octanol–water partition coefficient (Wildman–Crippen LogP) is 4.07. The monoisotopic (exact) mass is 270 g/mol. The molecule has 3 rings (SSSR count). The van der Waals surface area contributed by atoms with Crippen LogP contribution >= 0.6 is 0 Å². The fourth-order valence-corrected chi connectivity index (χ4v) is 3.45. The van der Waals surface area contributed by atoms with Gasteiger partial charge in [0.1, 0.15) is 6.10 Å². The van der Waals surface area contributed by atoms with Crippen LogP contribution in [0.4, 0.5) is 0 Å². The Morgan fingerprint density at radius 1 is 1.20 bits per heavy atom. The number of rotatable bonds is 3. The third kappa shape index (κ3) is 2.39. The molecule has 1 heterocycles. The number of esters is 1. The molecule has 2 heteroatoms. The highest BCUT2D eigenvalue weighted by molar-refractivity contribution is 5.79. The Hall–Kier alpha value is -1.57. The molecule has 0 aromatic heterocycles. The smallest absolute Gasteiger partial charge is 0.313 e. The number of hydrogen-bond acceptors (Lipinski definition) is 2. The fourth-order valence-electron chi connectivity index (χ4n) is 3.45. The molecule has 1 saturated heterocycles. The first kappa shape index (κ1) is 13.4. The van der Waals surface area contributed by atoms with Gasteiger partial charge in [0.25, 0.3) is 0 Å². The Morgan fingerprint density at radius 2 is 1.95 bits per heavy atom. The maximum absolute atomic E-state index is 11.8. The summed E-state index contributed by atoms with van der Waals surface area (Å²) in [5.74, 6) is 1.04. The maximum atomic E-state index is 11.8. The van der Waals surface area contributed by atoms with Gasteiger partial charge in [-0.25, -0.2) is 0 Å². The third-order valence-electron chi connectivity index (χ3n) is 4.64. The summed E-state index contributed by atoms with van der Waals surface area (Å²) < 4.78 is 5.32. The zero-order valence-corrected chi connectivity index (χ0v) is 12.2. The molecule has 1 fully saturated rings. The first-order valence-corrected chi connectivity index (χ1v) is 7.61. The molecule has 2 nitrogen and oxygen atoms in total. The first-order chi connectivity index (χ1) is 9.66. The van der Waals surface area contributed by atoms with Crippen molar-refractivity contribution in [3.05, 3.63) is 42.0 Å². The lowest BCUT2D eigenvalue weighted by atomic mass is 9.72. The van der Waals surface area contributed by atoms with E-state index in [1.54, 1.807) is 0 Å². The van der Waals surface area contributed by atoms with Gasteiger partial charge in [0.15, 0.2) is 0 Å². The summed E-state index contributed by atoms with van der Waals surface area (Å²) in [6.07, 6.45) is 5.64. The van der Waals surface area contributed by atoms with Crippen molar-refractivity contribution in [1.82, 2.24) is 0 Å². The quantitative estimate of drug-likeness (QED) is 0.774. The predicted molar refractivity (Wildman–Crippen MR) is 80.0 cm³/mol. The summed E-state index contributed by atoms with van der Waals surface area (Å²) in [6.45, 7) is 4.27. The second-order valence-electron chi connectivity index (χ2n) is 6.30. The van der Waals surface area contributed by atoms with E-state index in [4.69, 9.17) is 4.74 Å². The summed E-state index contributed by atoms with van der Waals surface area (Å²) >= 11 is 0. The lowest BCUT2D eigenvalue weighted by Crippen LogP contribution is -2.52. The lowest BCUT2D eigenvalue weighted by molar-refractivity contribution is -0.196. The number of carbonyl (C=O) groups is 1. The van der Waals surface area contributed by atoms with Crippen LogP contribution < -0.4 is 0 Å². The molecule has 1 aromatic rings. The van der Waals surface area contributed by atoms with Gasteiger partial charge in [0.2, 0.25) is 0 Å². The van der Waals surface area contributed by atoms with E-state index in [1.165, 1.54) is 11.1 Å². The Balaban J connectivity index is 1.69. The van der Waals surface area contributed by atoms with E-state index in [0.29, 0.717) is 11.8 Å². The number of carbonyl (C=O) groups excluding carboxylic acids is 1. The number of benzene rings is 1. The molecule has 0 amide bonds. The average molecular weight is 270 g/mol. The van der Waals surface area contributed by atoms with E-state index in [1.807, 2.05) is 6.07 Å². The highest BCUT2D eigenvalue weighted by atomic mass is 16.6. The highest BCUT2D eigenvalue weighted by Gasteiger charge is 2.48. The summed E-state index contributed by atoms with van der Waals surface area (Å²) in [7, 11) is 0. The van der Waals surface area contributed by atoms with Gasteiger partial charge in [0, 0.05) is 0 Å². The number of cyclic esters (lactones) is 1. The van der Waals surface area contributed by atoms with Crippen LogP contribution in [0.3, 0.4) is 0 Å². The SMILES string of the molecule is CC(C)[C@H]1OC(=O)[C@H]1[C@@H]1CC=C(c2ccccc2)CC1. The first-order valence-electron chi connectivity index (χ1n) is 7.61. The van der Waals surface area contributed by atoms with E-state index in [9.17, 15) is 4.79 Å². The van der Waals surface area contributed by atoms with Gasteiger partial charge in [-0.15, -0.1) is 0 Å². The van der Waals surface area contributed by atoms with Crippen LogP contribution in [0.1, 0.15) is 38.7 Å². The fraction of sp³-hybridized carbons (Fsp3) is 0.500. The molecule has 0 spiro atoms.